The molecule has 0 bridgehead atoms. The molecule has 1 heterocycles. The predicted octanol–water partition coefficient (Wildman–Crippen LogP) is 1.77. The molecule has 1 aromatic carbocycles. The maximum Gasteiger partial charge on any atom is 0.263 e. The third-order valence-corrected chi connectivity index (χ3v) is 3.91. The normalized spacial score (nSPS) is 10.8. The zero-order valence-electron chi connectivity index (χ0n) is 10.5. The Morgan fingerprint density at radius 3 is 2.65 bits per heavy atom. The van der Waals surface area contributed by atoms with Gasteiger partial charge in [-0.15, -0.1) is 0 Å². The van der Waals surface area contributed by atoms with E-state index in [9.17, 15) is 13.5 Å². The molecule has 0 unspecified atom stereocenters. The molecule has 0 saturated heterocycles. The number of nitrogens with zero attached hydrogens (tertiary/aromatic N) is 2. The van der Waals surface area contributed by atoms with E-state index in [0.29, 0.717) is 0 Å². The number of aryl methyl sites for hydroxylation is 1. The van der Waals surface area contributed by atoms with Crippen molar-refractivity contribution >= 4 is 15.7 Å². The quantitative estimate of drug-likeness (QED) is 0.838. The van der Waals surface area contributed by atoms with Crippen molar-refractivity contribution in [3.63, 3.8) is 0 Å². The maximum absolute atomic E-state index is 12.1. The second kappa shape index (κ2) is 5.19. The largest absolute Gasteiger partial charge is 0.506 e. The smallest absolute Gasteiger partial charge is 0.263 e. The van der Waals surface area contributed by atoms with E-state index in [1.807, 2.05) is 0 Å². The van der Waals surface area contributed by atoms with Gasteiger partial charge in [0.05, 0.1) is 5.69 Å². The molecule has 2 N–H and O–H groups in total. The predicted molar refractivity (Wildman–Crippen MR) is 72.6 cm³/mol. The highest BCUT2D eigenvalue weighted by atomic mass is 32.2. The summed E-state index contributed by atoms with van der Waals surface area (Å²) < 4.78 is 26.5. The molecule has 0 atom stereocenters. The number of aromatic nitrogens is 1. The molecule has 0 radical (unpaired) electrons. The molecule has 0 saturated carbocycles. The van der Waals surface area contributed by atoms with Gasteiger partial charge >= 0.3 is 0 Å². The fourth-order valence-corrected chi connectivity index (χ4v) is 2.55. The van der Waals surface area contributed by atoms with Gasteiger partial charge in [-0.1, -0.05) is 6.07 Å². The summed E-state index contributed by atoms with van der Waals surface area (Å²) in [5.74, 6) is -0.166. The lowest BCUT2D eigenvalue weighted by atomic mass is 10.2. The third-order valence-electron chi connectivity index (χ3n) is 2.56. The van der Waals surface area contributed by atoms with E-state index in [1.165, 1.54) is 24.3 Å². The van der Waals surface area contributed by atoms with Crippen LogP contribution >= 0.6 is 0 Å². The van der Waals surface area contributed by atoms with Gasteiger partial charge in [0, 0.05) is 6.20 Å². The van der Waals surface area contributed by atoms with Crippen LogP contribution in [0.3, 0.4) is 0 Å². The van der Waals surface area contributed by atoms with Crippen molar-refractivity contribution in [3.8, 4) is 11.8 Å². The summed E-state index contributed by atoms with van der Waals surface area (Å²) in [6.07, 6.45) is 1.09. The van der Waals surface area contributed by atoms with Crippen molar-refractivity contribution < 1.29 is 13.5 Å². The minimum absolute atomic E-state index is 0.0857. The first-order chi connectivity index (χ1) is 9.42. The highest BCUT2D eigenvalue weighted by molar-refractivity contribution is 7.92. The average Bonchev–Trinajstić information content (AvgIpc) is 2.43. The molecule has 0 amide bonds. The lowest BCUT2D eigenvalue weighted by molar-refractivity contribution is 0.477. The summed E-state index contributed by atoms with van der Waals surface area (Å²) in [5.41, 5.74) is 1.02. The number of phenolic OH excluding ortho intramolecular Hbond substituents is 1. The van der Waals surface area contributed by atoms with E-state index in [2.05, 4.69) is 9.71 Å². The van der Waals surface area contributed by atoms with Crippen LogP contribution < -0.4 is 4.72 Å². The first-order valence-corrected chi connectivity index (χ1v) is 7.09. The van der Waals surface area contributed by atoms with Crippen molar-refractivity contribution in [3.05, 3.63) is 47.8 Å². The number of nitriles is 1. The Morgan fingerprint density at radius 2 is 2.05 bits per heavy atom. The Hall–Kier alpha value is -2.59. The Balaban J connectivity index is 2.35. The minimum atomic E-state index is -3.86. The van der Waals surface area contributed by atoms with Crippen molar-refractivity contribution in [1.82, 2.24) is 4.98 Å². The monoisotopic (exact) mass is 289 g/mol. The minimum Gasteiger partial charge on any atom is -0.506 e. The van der Waals surface area contributed by atoms with E-state index in [4.69, 9.17) is 5.26 Å². The van der Waals surface area contributed by atoms with Gasteiger partial charge in [-0.25, -0.2) is 13.4 Å². The molecular formula is C13H11N3O3S. The fraction of sp³-hybridized carbons (Fsp3) is 0.0769. The number of sulfonamides is 1. The van der Waals surface area contributed by atoms with Crippen molar-refractivity contribution in [2.45, 2.75) is 11.8 Å². The molecule has 1 aromatic heterocycles. The van der Waals surface area contributed by atoms with Crippen LogP contribution in [0.2, 0.25) is 0 Å². The summed E-state index contributed by atoms with van der Waals surface area (Å²) in [6, 6.07) is 8.98. The zero-order valence-corrected chi connectivity index (χ0v) is 11.3. The summed E-state index contributed by atoms with van der Waals surface area (Å²) in [6.45, 7) is 1.78. The van der Waals surface area contributed by atoms with Crippen LogP contribution in [0.5, 0.6) is 5.75 Å². The van der Waals surface area contributed by atoms with Gasteiger partial charge in [0.1, 0.15) is 22.4 Å². The molecule has 0 aliphatic rings. The molecular weight excluding hydrogens is 278 g/mol. The second-order valence-corrected chi connectivity index (χ2v) is 5.80. The highest BCUT2D eigenvalue weighted by Crippen LogP contribution is 2.26. The number of hydrogen-bond donors (Lipinski definition) is 2. The van der Waals surface area contributed by atoms with E-state index in [-0.39, 0.29) is 22.0 Å². The third kappa shape index (κ3) is 2.87. The number of pyridine rings is 1. The molecule has 102 valence electrons. The molecule has 0 aliphatic heterocycles. The fourth-order valence-electron chi connectivity index (χ4n) is 1.54. The lowest BCUT2D eigenvalue weighted by Gasteiger charge is -2.10. The van der Waals surface area contributed by atoms with Gasteiger partial charge < -0.3 is 5.11 Å². The molecule has 20 heavy (non-hydrogen) atoms. The van der Waals surface area contributed by atoms with Crippen molar-refractivity contribution in [2.24, 2.45) is 0 Å². The molecule has 0 fully saturated rings. The van der Waals surface area contributed by atoms with Crippen molar-refractivity contribution in [2.75, 3.05) is 4.72 Å². The highest BCUT2D eigenvalue weighted by Gasteiger charge is 2.16. The van der Waals surface area contributed by atoms with E-state index < -0.39 is 10.0 Å². The molecule has 2 aromatic rings. The van der Waals surface area contributed by atoms with Crippen LogP contribution in [0.25, 0.3) is 0 Å². The van der Waals surface area contributed by atoms with Gasteiger partial charge in [-0.05, 0) is 36.8 Å². The van der Waals surface area contributed by atoms with E-state index in [0.717, 1.165) is 11.8 Å². The van der Waals surface area contributed by atoms with Gasteiger partial charge in [-0.3, -0.25) is 4.72 Å². The average molecular weight is 289 g/mol. The van der Waals surface area contributed by atoms with Gasteiger partial charge in [0.2, 0.25) is 0 Å². The van der Waals surface area contributed by atoms with Gasteiger partial charge in [0.15, 0.2) is 0 Å². The Bertz CT molecular complexity index is 777. The lowest BCUT2D eigenvalue weighted by Crippen LogP contribution is -2.13. The van der Waals surface area contributed by atoms with E-state index in [1.54, 1.807) is 19.1 Å². The van der Waals surface area contributed by atoms with Crippen LogP contribution in [-0.4, -0.2) is 18.5 Å². The van der Waals surface area contributed by atoms with Crippen LogP contribution in [-0.2, 0) is 10.0 Å². The number of benzene rings is 1. The Morgan fingerprint density at radius 1 is 1.30 bits per heavy atom. The van der Waals surface area contributed by atoms with Gasteiger partial charge in [0.25, 0.3) is 10.0 Å². The molecule has 2 rings (SSSR count). The van der Waals surface area contributed by atoms with Gasteiger partial charge in [-0.2, -0.15) is 5.26 Å². The Kier molecular flexibility index (Phi) is 3.59. The molecule has 7 heteroatoms. The zero-order chi connectivity index (χ0) is 14.8. The number of nitrogens with one attached hydrogen (secondary N) is 1. The van der Waals surface area contributed by atoms with Crippen LogP contribution in [0.4, 0.5) is 5.69 Å². The number of anilines is 1. The molecule has 0 aliphatic carbocycles. The number of aromatic hydroxyl groups is 1. The SMILES string of the molecule is Cc1ccc(O)c(NS(=O)(=O)c2ccc(C#N)nc2)c1. The second-order valence-electron chi connectivity index (χ2n) is 4.12. The number of phenols is 1. The summed E-state index contributed by atoms with van der Waals surface area (Å²) >= 11 is 0. The summed E-state index contributed by atoms with van der Waals surface area (Å²) in [4.78, 5) is 3.62. The summed E-state index contributed by atoms with van der Waals surface area (Å²) in [7, 11) is -3.86. The maximum atomic E-state index is 12.1. The Labute approximate surface area is 116 Å². The van der Waals surface area contributed by atoms with Crippen molar-refractivity contribution in [1.29, 1.82) is 5.26 Å². The van der Waals surface area contributed by atoms with Crippen LogP contribution in [0, 0.1) is 18.3 Å². The van der Waals surface area contributed by atoms with Crippen LogP contribution in [0.1, 0.15) is 11.3 Å². The molecule has 6 nitrogen and oxygen atoms in total. The first kappa shape index (κ1) is 13.8. The van der Waals surface area contributed by atoms with E-state index >= 15 is 0 Å². The topological polar surface area (TPSA) is 103 Å². The number of rotatable bonds is 3. The standard InChI is InChI=1S/C13H11N3O3S/c1-9-2-5-13(17)12(6-9)16-20(18,19)11-4-3-10(7-14)15-8-11/h2-6,8,16-17H,1H3. The van der Waals surface area contributed by atoms with Crippen LogP contribution in [0.15, 0.2) is 41.4 Å². The summed E-state index contributed by atoms with van der Waals surface area (Å²) in [5, 5.41) is 18.3. The molecule has 0 spiro atoms. The number of hydrogen-bond acceptors (Lipinski definition) is 5. The first-order valence-electron chi connectivity index (χ1n) is 5.61.